The zero-order chi connectivity index (χ0) is 12.8. The Morgan fingerprint density at radius 3 is 1.67 bits per heavy atom. The van der Waals surface area contributed by atoms with Crippen LogP contribution in [0, 0.1) is 0 Å². The van der Waals surface area contributed by atoms with Crippen molar-refractivity contribution < 1.29 is 14.2 Å². The van der Waals surface area contributed by atoms with Crippen LogP contribution in [-0.4, -0.2) is 21.0 Å². The van der Waals surface area contributed by atoms with Gasteiger partial charge in [-0.05, 0) is 35.4 Å². The second kappa shape index (κ2) is 6.07. The fourth-order valence-corrected chi connectivity index (χ4v) is 1.65. The Balaban J connectivity index is 2.12. The van der Waals surface area contributed by atoms with Crippen molar-refractivity contribution in [3.05, 3.63) is 48.5 Å². The molecule has 0 aromatic heterocycles. The Hall–Kier alpha value is -2.00. The van der Waals surface area contributed by atoms with Gasteiger partial charge in [0.05, 0.1) is 7.11 Å². The summed E-state index contributed by atoms with van der Waals surface area (Å²) in [7, 11) is 3.27. The average Bonchev–Trinajstić information content (AvgIpc) is 2.46. The van der Waals surface area contributed by atoms with Crippen LogP contribution in [0.5, 0.6) is 11.5 Å². The van der Waals surface area contributed by atoms with Crippen LogP contribution in [0.2, 0.25) is 0 Å². The lowest BCUT2D eigenvalue weighted by Crippen LogP contribution is -1.98. The van der Waals surface area contributed by atoms with Crippen LogP contribution >= 0.6 is 0 Å². The van der Waals surface area contributed by atoms with Gasteiger partial charge in [0.25, 0.3) is 0 Å². The third-order valence-corrected chi connectivity index (χ3v) is 2.62. The molecule has 0 bridgehead atoms. The first-order valence-corrected chi connectivity index (χ1v) is 5.69. The van der Waals surface area contributed by atoms with E-state index in [1.54, 1.807) is 14.2 Å². The minimum absolute atomic E-state index is 0.266. The first-order valence-electron chi connectivity index (χ1n) is 5.69. The molecule has 94 valence electrons. The molecule has 0 N–H and O–H groups in total. The summed E-state index contributed by atoms with van der Waals surface area (Å²) in [4.78, 5) is 0. The predicted octanol–water partition coefficient (Wildman–Crippen LogP) is 3.34. The summed E-state index contributed by atoms with van der Waals surface area (Å²) < 4.78 is 15.3. The van der Waals surface area contributed by atoms with Crippen molar-refractivity contribution >= 4 is 0 Å². The maximum absolute atomic E-state index is 5.34. The molecule has 0 fully saturated rings. The van der Waals surface area contributed by atoms with Crippen LogP contribution in [0.1, 0.15) is 0 Å². The molecule has 0 unspecified atom stereocenters. The zero-order valence-electron chi connectivity index (χ0n) is 10.6. The molecule has 0 amide bonds. The van der Waals surface area contributed by atoms with Gasteiger partial charge in [-0.2, -0.15) is 0 Å². The molecule has 0 saturated carbocycles. The van der Waals surface area contributed by atoms with E-state index < -0.39 is 0 Å². The lowest BCUT2D eigenvalue weighted by Gasteiger charge is -2.07. The minimum Gasteiger partial charge on any atom is -0.497 e. The van der Waals surface area contributed by atoms with Gasteiger partial charge in [-0.15, -0.1) is 0 Å². The third-order valence-electron chi connectivity index (χ3n) is 2.62. The van der Waals surface area contributed by atoms with Gasteiger partial charge in [-0.3, -0.25) is 0 Å². The van der Waals surface area contributed by atoms with Crippen LogP contribution in [0.3, 0.4) is 0 Å². The molecule has 0 heterocycles. The van der Waals surface area contributed by atoms with Crippen molar-refractivity contribution in [3.8, 4) is 22.6 Å². The van der Waals surface area contributed by atoms with Gasteiger partial charge < -0.3 is 14.2 Å². The smallest absolute Gasteiger partial charge is 0.188 e. The molecule has 2 aromatic rings. The van der Waals surface area contributed by atoms with Gasteiger partial charge >= 0.3 is 0 Å². The largest absolute Gasteiger partial charge is 0.497 e. The Morgan fingerprint density at radius 2 is 1.22 bits per heavy atom. The van der Waals surface area contributed by atoms with Gasteiger partial charge in [-0.25, -0.2) is 0 Å². The van der Waals surface area contributed by atoms with E-state index in [1.165, 1.54) is 0 Å². The molecule has 0 saturated heterocycles. The standard InChI is InChI=1S/C15H16O3/c1-16-11-18-15-9-5-13(6-10-15)12-3-7-14(17-2)8-4-12/h3-10H,11H2,1-2H3. The molecule has 0 aliphatic carbocycles. The zero-order valence-corrected chi connectivity index (χ0v) is 10.6. The van der Waals surface area contributed by atoms with Gasteiger partial charge in [0, 0.05) is 7.11 Å². The van der Waals surface area contributed by atoms with E-state index in [9.17, 15) is 0 Å². The summed E-state index contributed by atoms with van der Waals surface area (Å²) in [5, 5.41) is 0. The molecular formula is C15H16O3. The number of methoxy groups -OCH3 is 2. The van der Waals surface area contributed by atoms with E-state index in [2.05, 4.69) is 0 Å². The SMILES string of the molecule is COCOc1ccc(-c2ccc(OC)cc2)cc1. The monoisotopic (exact) mass is 244 g/mol. The third kappa shape index (κ3) is 3.02. The van der Waals surface area contributed by atoms with Crippen molar-refractivity contribution in [2.75, 3.05) is 21.0 Å². The lowest BCUT2D eigenvalue weighted by atomic mass is 10.1. The van der Waals surface area contributed by atoms with Crippen molar-refractivity contribution in [3.63, 3.8) is 0 Å². The van der Waals surface area contributed by atoms with E-state index in [0.29, 0.717) is 0 Å². The molecular weight excluding hydrogens is 228 g/mol. The molecule has 3 heteroatoms. The molecule has 2 rings (SSSR count). The number of rotatable bonds is 5. The summed E-state index contributed by atoms with van der Waals surface area (Å²) in [5.41, 5.74) is 2.29. The maximum Gasteiger partial charge on any atom is 0.188 e. The van der Waals surface area contributed by atoms with Gasteiger partial charge in [0.15, 0.2) is 6.79 Å². The molecule has 0 aliphatic heterocycles. The van der Waals surface area contributed by atoms with Crippen molar-refractivity contribution in [1.29, 1.82) is 0 Å². The molecule has 18 heavy (non-hydrogen) atoms. The Labute approximate surface area is 107 Å². The summed E-state index contributed by atoms with van der Waals surface area (Å²) in [6.07, 6.45) is 0. The number of ether oxygens (including phenoxy) is 3. The first kappa shape index (κ1) is 12.5. The molecule has 3 nitrogen and oxygen atoms in total. The lowest BCUT2D eigenvalue weighted by molar-refractivity contribution is 0.0511. The van der Waals surface area contributed by atoms with Gasteiger partial charge in [0.2, 0.25) is 0 Å². The quantitative estimate of drug-likeness (QED) is 0.755. The van der Waals surface area contributed by atoms with Gasteiger partial charge in [0.1, 0.15) is 11.5 Å². The highest BCUT2D eigenvalue weighted by Gasteiger charge is 1.99. The van der Waals surface area contributed by atoms with Crippen LogP contribution in [0.4, 0.5) is 0 Å². The Kier molecular flexibility index (Phi) is 4.20. The fourth-order valence-electron chi connectivity index (χ4n) is 1.65. The summed E-state index contributed by atoms with van der Waals surface area (Å²) in [6.45, 7) is 0.266. The van der Waals surface area contributed by atoms with Crippen LogP contribution in [-0.2, 0) is 4.74 Å². The molecule has 0 aliphatic rings. The Bertz CT molecular complexity index is 474. The van der Waals surface area contributed by atoms with E-state index in [4.69, 9.17) is 14.2 Å². The molecule has 0 radical (unpaired) electrons. The highest BCUT2D eigenvalue weighted by atomic mass is 16.7. The number of benzene rings is 2. The average molecular weight is 244 g/mol. The highest BCUT2D eigenvalue weighted by Crippen LogP contribution is 2.24. The van der Waals surface area contributed by atoms with E-state index >= 15 is 0 Å². The van der Waals surface area contributed by atoms with Gasteiger partial charge in [-0.1, -0.05) is 24.3 Å². The second-order valence-electron chi connectivity index (χ2n) is 3.80. The molecule has 0 spiro atoms. The topological polar surface area (TPSA) is 27.7 Å². The maximum atomic E-state index is 5.34. The summed E-state index contributed by atoms with van der Waals surface area (Å²) in [5.74, 6) is 1.66. The summed E-state index contributed by atoms with van der Waals surface area (Å²) in [6, 6.07) is 15.9. The Morgan fingerprint density at radius 1 is 0.722 bits per heavy atom. The van der Waals surface area contributed by atoms with Crippen LogP contribution < -0.4 is 9.47 Å². The normalized spacial score (nSPS) is 10.1. The minimum atomic E-state index is 0.266. The second-order valence-corrected chi connectivity index (χ2v) is 3.80. The van der Waals surface area contributed by atoms with E-state index in [0.717, 1.165) is 22.6 Å². The first-order chi connectivity index (χ1) is 8.83. The predicted molar refractivity (Wildman–Crippen MR) is 70.9 cm³/mol. The van der Waals surface area contributed by atoms with Crippen molar-refractivity contribution in [2.24, 2.45) is 0 Å². The summed E-state index contributed by atoms with van der Waals surface area (Å²) >= 11 is 0. The van der Waals surface area contributed by atoms with Crippen LogP contribution in [0.25, 0.3) is 11.1 Å². The van der Waals surface area contributed by atoms with Crippen LogP contribution in [0.15, 0.2) is 48.5 Å². The van der Waals surface area contributed by atoms with E-state index in [-0.39, 0.29) is 6.79 Å². The molecule has 0 atom stereocenters. The number of hydrogen-bond donors (Lipinski definition) is 0. The van der Waals surface area contributed by atoms with E-state index in [1.807, 2.05) is 48.5 Å². The fraction of sp³-hybridized carbons (Fsp3) is 0.200. The van der Waals surface area contributed by atoms with Crippen molar-refractivity contribution in [2.45, 2.75) is 0 Å². The number of hydrogen-bond acceptors (Lipinski definition) is 3. The highest BCUT2D eigenvalue weighted by molar-refractivity contribution is 5.64. The van der Waals surface area contributed by atoms with Crippen molar-refractivity contribution in [1.82, 2.24) is 0 Å². The molecule has 2 aromatic carbocycles.